The molecule has 0 fully saturated rings. The molecule has 0 aliphatic carbocycles. The third-order valence-corrected chi connectivity index (χ3v) is 1.96. The van der Waals surface area contributed by atoms with Crippen LogP contribution in [0.3, 0.4) is 0 Å². The number of hydrogen-bond donors (Lipinski definition) is 1. The van der Waals surface area contributed by atoms with Crippen molar-refractivity contribution in [2.75, 3.05) is 6.61 Å². The Labute approximate surface area is 99.3 Å². The van der Waals surface area contributed by atoms with Crippen molar-refractivity contribution < 1.29 is 32.6 Å². The Kier molecular flexibility index (Phi) is 3.94. The van der Waals surface area contributed by atoms with E-state index in [0.29, 0.717) is 6.08 Å². The molecule has 0 aromatic rings. The number of ether oxygens (including phenoxy) is 1. The molecule has 1 heterocycles. The fourth-order valence-electron chi connectivity index (χ4n) is 1.30. The van der Waals surface area contributed by atoms with Gasteiger partial charge in [-0.1, -0.05) is 0 Å². The van der Waals surface area contributed by atoms with E-state index in [1.165, 1.54) is 6.92 Å². The highest BCUT2D eigenvalue weighted by molar-refractivity contribution is 5.87. The van der Waals surface area contributed by atoms with Crippen LogP contribution < -0.4 is 0 Å². The summed E-state index contributed by atoms with van der Waals surface area (Å²) in [6, 6.07) is 0. The highest BCUT2D eigenvalue weighted by atomic mass is 19.4. The first kappa shape index (κ1) is 14.0. The van der Waals surface area contributed by atoms with Gasteiger partial charge in [-0.3, -0.25) is 4.99 Å². The smallest absolute Gasteiger partial charge is 0.431 e. The van der Waals surface area contributed by atoms with Crippen LogP contribution in [0, 0.1) is 0 Å². The molecule has 1 N–H and O–H groups in total. The summed E-state index contributed by atoms with van der Waals surface area (Å²) < 4.78 is 42.2. The SMILES string of the molecule is CCOC(=O)C1N=CC=C(C(F)(F)F)N1C(=O)O. The summed E-state index contributed by atoms with van der Waals surface area (Å²) in [6.07, 6.45) is -7.51. The first-order valence-corrected chi connectivity index (χ1v) is 4.78. The van der Waals surface area contributed by atoms with E-state index >= 15 is 0 Å². The lowest BCUT2D eigenvalue weighted by atomic mass is 10.2. The molecular formula is C9H9F3N2O4. The summed E-state index contributed by atoms with van der Waals surface area (Å²) >= 11 is 0. The van der Waals surface area contributed by atoms with E-state index in [1.807, 2.05) is 0 Å². The van der Waals surface area contributed by atoms with Crippen molar-refractivity contribution in [2.45, 2.75) is 19.3 Å². The van der Waals surface area contributed by atoms with Gasteiger partial charge < -0.3 is 9.84 Å². The Balaban J connectivity index is 3.10. The number of alkyl halides is 3. The van der Waals surface area contributed by atoms with E-state index in [-0.39, 0.29) is 11.5 Å². The van der Waals surface area contributed by atoms with Gasteiger partial charge in [-0.25, -0.2) is 14.5 Å². The number of allylic oxidation sites excluding steroid dienone is 2. The topological polar surface area (TPSA) is 79.2 Å². The Bertz CT molecular complexity index is 417. The lowest BCUT2D eigenvalue weighted by Crippen LogP contribution is -2.48. The highest BCUT2D eigenvalue weighted by Crippen LogP contribution is 2.31. The van der Waals surface area contributed by atoms with Gasteiger partial charge in [-0.05, 0) is 13.0 Å². The normalized spacial score (nSPS) is 19.4. The molecule has 0 aromatic carbocycles. The van der Waals surface area contributed by atoms with Crippen molar-refractivity contribution in [3.63, 3.8) is 0 Å². The molecule has 1 amide bonds. The number of esters is 1. The van der Waals surface area contributed by atoms with Gasteiger partial charge in [0.1, 0.15) is 5.70 Å². The fraction of sp³-hybridized carbons (Fsp3) is 0.444. The number of hydrogen-bond acceptors (Lipinski definition) is 4. The van der Waals surface area contributed by atoms with Gasteiger partial charge in [0.25, 0.3) is 0 Å². The number of carboxylic acid groups (broad SMARTS) is 1. The first-order valence-electron chi connectivity index (χ1n) is 4.78. The second-order valence-electron chi connectivity index (χ2n) is 3.13. The van der Waals surface area contributed by atoms with Crippen molar-refractivity contribution in [3.05, 3.63) is 11.8 Å². The maximum Gasteiger partial charge on any atom is 0.431 e. The van der Waals surface area contributed by atoms with Crippen molar-refractivity contribution in [1.29, 1.82) is 0 Å². The van der Waals surface area contributed by atoms with Crippen LogP contribution in [-0.2, 0) is 9.53 Å². The lowest BCUT2D eigenvalue weighted by Gasteiger charge is -2.29. The quantitative estimate of drug-likeness (QED) is 0.766. The highest BCUT2D eigenvalue weighted by Gasteiger charge is 2.46. The molecule has 0 aromatic heterocycles. The molecule has 1 aliphatic rings. The van der Waals surface area contributed by atoms with Gasteiger partial charge in [0.15, 0.2) is 0 Å². The molecule has 0 saturated heterocycles. The minimum Gasteiger partial charge on any atom is -0.465 e. The van der Waals surface area contributed by atoms with Crippen LogP contribution >= 0.6 is 0 Å². The molecule has 1 aliphatic heterocycles. The fourth-order valence-corrected chi connectivity index (χ4v) is 1.30. The molecule has 0 radical (unpaired) electrons. The monoisotopic (exact) mass is 266 g/mol. The van der Waals surface area contributed by atoms with E-state index in [9.17, 15) is 22.8 Å². The maximum absolute atomic E-state index is 12.6. The van der Waals surface area contributed by atoms with Crippen LogP contribution in [-0.4, -0.2) is 47.2 Å². The van der Waals surface area contributed by atoms with Crippen molar-refractivity contribution in [2.24, 2.45) is 4.99 Å². The van der Waals surface area contributed by atoms with Crippen LogP contribution in [0.1, 0.15) is 6.92 Å². The summed E-state index contributed by atoms with van der Waals surface area (Å²) in [6.45, 7) is 1.35. The second-order valence-corrected chi connectivity index (χ2v) is 3.13. The number of carbonyl (C=O) groups is 2. The Morgan fingerprint density at radius 2 is 2.17 bits per heavy atom. The van der Waals surface area contributed by atoms with Crippen molar-refractivity contribution >= 4 is 18.3 Å². The maximum atomic E-state index is 12.6. The van der Waals surface area contributed by atoms with Crippen LogP contribution in [0.15, 0.2) is 16.8 Å². The third kappa shape index (κ3) is 2.79. The molecule has 0 spiro atoms. The van der Waals surface area contributed by atoms with Crippen LogP contribution in [0.4, 0.5) is 18.0 Å². The Morgan fingerprint density at radius 1 is 1.56 bits per heavy atom. The first-order chi connectivity index (χ1) is 8.29. The minimum absolute atomic E-state index is 0.0939. The summed E-state index contributed by atoms with van der Waals surface area (Å²) in [7, 11) is 0. The van der Waals surface area contributed by atoms with Crippen molar-refractivity contribution in [3.8, 4) is 0 Å². The zero-order chi connectivity index (χ0) is 13.9. The van der Waals surface area contributed by atoms with Crippen LogP contribution in [0.25, 0.3) is 0 Å². The summed E-state index contributed by atoms with van der Waals surface area (Å²) in [5.74, 6) is -1.16. The number of rotatable bonds is 2. The molecule has 9 heteroatoms. The Morgan fingerprint density at radius 3 is 2.61 bits per heavy atom. The van der Waals surface area contributed by atoms with E-state index in [1.54, 1.807) is 0 Å². The van der Waals surface area contributed by atoms with Gasteiger partial charge in [0.05, 0.1) is 6.61 Å². The van der Waals surface area contributed by atoms with Gasteiger partial charge in [0.2, 0.25) is 6.17 Å². The summed E-state index contributed by atoms with van der Waals surface area (Å²) in [5.41, 5.74) is -1.48. The summed E-state index contributed by atoms with van der Waals surface area (Å²) in [4.78, 5) is 25.4. The second kappa shape index (κ2) is 5.07. The van der Waals surface area contributed by atoms with Crippen molar-refractivity contribution in [1.82, 2.24) is 4.90 Å². The zero-order valence-corrected chi connectivity index (χ0v) is 9.14. The van der Waals surface area contributed by atoms with E-state index in [0.717, 1.165) is 6.21 Å². The minimum atomic E-state index is -4.91. The van der Waals surface area contributed by atoms with Gasteiger partial charge in [-0.2, -0.15) is 13.2 Å². The average Bonchev–Trinajstić information content (AvgIpc) is 2.27. The predicted molar refractivity (Wildman–Crippen MR) is 52.9 cm³/mol. The molecule has 1 rings (SSSR count). The van der Waals surface area contributed by atoms with Gasteiger partial charge in [0, 0.05) is 6.21 Å². The predicted octanol–water partition coefficient (Wildman–Crippen LogP) is 1.39. The molecular weight excluding hydrogens is 257 g/mol. The van der Waals surface area contributed by atoms with E-state index in [4.69, 9.17) is 5.11 Å². The molecule has 18 heavy (non-hydrogen) atoms. The molecule has 1 unspecified atom stereocenters. The number of carbonyl (C=O) groups excluding carboxylic acids is 1. The van der Waals surface area contributed by atoms with Crippen LogP contribution in [0.5, 0.6) is 0 Å². The van der Waals surface area contributed by atoms with Crippen LogP contribution in [0.2, 0.25) is 0 Å². The molecule has 0 bridgehead atoms. The number of halogens is 3. The molecule has 1 atom stereocenters. The number of nitrogens with zero attached hydrogens (tertiary/aromatic N) is 2. The summed E-state index contributed by atoms with van der Waals surface area (Å²) in [5, 5.41) is 8.76. The van der Waals surface area contributed by atoms with E-state index in [2.05, 4.69) is 9.73 Å². The Hall–Kier alpha value is -2.06. The van der Waals surface area contributed by atoms with Gasteiger partial charge >= 0.3 is 18.2 Å². The van der Waals surface area contributed by atoms with Gasteiger partial charge in [-0.15, -0.1) is 0 Å². The molecule has 0 saturated carbocycles. The molecule has 6 nitrogen and oxygen atoms in total. The number of amides is 1. The lowest BCUT2D eigenvalue weighted by molar-refractivity contribution is -0.151. The number of aliphatic imine (C=N–C) groups is 1. The standard InChI is InChI=1S/C9H9F3N2O4/c1-2-18-7(15)6-13-4-3-5(9(10,11)12)14(6)8(16)17/h3-4,6H,2H2,1H3,(H,16,17). The molecule has 100 valence electrons. The third-order valence-electron chi connectivity index (χ3n) is 1.96. The largest absolute Gasteiger partial charge is 0.465 e. The zero-order valence-electron chi connectivity index (χ0n) is 9.14. The van der Waals surface area contributed by atoms with E-state index < -0.39 is 30.1 Å². The average molecular weight is 266 g/mol.